The fourth-order valence-corrected chi connectivity index (χ4v) is 2.72. The Bertz CT molecular complexity index is 588. The maximum absolute atomic E-state index is 12.7. The van der Waals surface area contributed by atoms with Gasteiger partial charge in [-0.1, -0.05) is 0 Å². The van der Waals surface area contributed by atoms with E-state index in [1.807, 2.05) is 16.8 Å². The molecule has 1 saturated heterocycles. The summed E-state index contributed by atoms with van der Waals surface area (Å²) < 4.78 is 18.2. The summed E-state index contributed by atoms with van der Waals surface area (Å²) >= 11 is 1.50. The van der Waals surface area contributed by atoms with Gasteiger partial charge in [0.25, 0.3) is 5.91 Å². The number of amides is 1. The lowest BCUT2D eigenvalue weighted by atomic mass is 10.3. The van der Waals surface area contributed by atoms with E-state index in [-0.39, 0.29) is 18.0 Å². The van der Waals surface area contributed by atoms with Gasteiger partial charge in [-0.15, -0.1) is 0 Å². The molecule has 1 aliphatic heterocycles. The Labute approximate surface area is 119 Å². The third kappa shape index (κ3) is 2.77. The van der Waals surface area contributed by atoms with E-state index in [1.54, 1.807) is 4.90 Å². The summed E-state index contributed by atoms with van der Waals surface area (Å²) in [6, 6.07) is 1.95. The number of ether oxygens (including phenoxy) is 1. The molecule has 0 spiro atoms. The second kappa shape index (κ2) is 5.54. The predicted molar refractivity (Wildman–Crippen MR) is 71.2 cm³/mol. The molecule has 1 unspecified atom stereocenters. The van der Waals surface area contributed by atoms with Crippen molar-refractivity contribution in [2.45, 2.75) is 12.5 Å². The van der Waals surface area contributed by atoms with Crippen LogP contribution in [-0.2, 0) is 0 Å². The fraction of sp³-hybridized carbons (Fsp3) is 0.308. The van der Waals surface area contributed by atoms with Gasteiger partial charge in [-0.2, -0.15) is 11.3 Å². The summed E-state index contributed by atoms with van der Waals surface area (Å²) in [5.74, 6) is -0.490. The molecule has 3 heterocycles. The highest BCUT2D eigenvalue weighted by molar-refractivity contribution is 7.08. The number of hydrogen-bond donors (Lipinski definition) is 0. The van der Waals surface area contributed by atoms with Crippen LogP contribution >= 0.6 is 11.3 Å². The Balaban J connectivity index is 1.59. The minimum absolute atomic E-state index is 0.0115. The van der Waals surface area contributed by atoms with E-state index in [1.165, 1.54) is 11.3 Å². The molecule has 1 aliphatic rings. The highest BCUT2D eigenvalue weighted by atomic mass is 32.1. The molecule has 0 radical (unpaired) electrons. The number of thiophene rings is 1. The van der Waals surface area contributed by atoms with E-state index >= 15 is 0 Å². The number of rotatable bonds is 3. The van der Waals surface area contributed by atoms with Crippen molar-refractivity contribution in [3.8, 4) is 6.01 Å². The van der Waals surface area contributed by atoms with Gasteiger partial charge >= 0.3 is 6.01 Å². The molecule has 1 fully saturated rings. The second-order valence-corrected chi connectivity index (χ2v) is 5.26. The molecular weight excluding hydrogens is 281 g/mol. The molecule has 104 valence electrons. The van der Waals surface area contributed by atoms with Crippen LogP contribution in [0, 0.1) is 5.82 Å². The van der Waals surface area contributed by atoms with E-state index in [4.69, 9.17) is 4.74 Å². The smallest absolute Gasteiger partial charge is 0.316 e. The van der Waals surface area contributed by atoms with Crippen LogP contribution in [0.25, 0.3) is 0 Å². The van der Waals surface area contributed by atoms with Gasteiger partial charge in [-0.05, 0) is 11.4 Å². The van der Waals surface area contributed by atoms with Crippen LogP contribution in [-0.4, -0.2) is 40.0 Å². The summed E-state index contributed by atoms with van der Waals surface area (Å²) in [7, 11) is 0. The normalized spacial score (nSPS) is 18.2. The maximum Gasteiger partial charge on any atom is 0.316 e. The van der Waals surface area contributed by atoms with Gasteiger partial charge in [-0.3, -0.25) is 4.79 Å². The zero-order valence-corrected chi connectivity index (χ0v) is 11.3. The first-order chi connectivity index (χ1) is 9.72. The Morgan fingerprint density at radius 1 is 1.45 bits per heavy atom. The molecule has 1 amide bonds. The van der Waals surface area contributed by atoms with Crippen molar-refractivity contribution in [1.29, 1.82) is 0 Å². The third-order valence-corrected chi connectivity index (χ3v) is 3.75. The summed E-state index contributed by atoms with van der Waals surface area (Å²) in [6.07, 6.45) is 2.69. The van der Waals surface area contributed by atoms with E-state index in [0.717, 1.165) is 18.8 Å². The third-order valence-electron chi connectivity index (χ3n) is 3.07. The van der Waals surface area contributed by atoms with Crippen LogP contribution in [0.1, 0.15) is 16.8 Å². The predicted octanol–water partition coefficient (Wildman–Crippen LogP) is 1.97. The van der Waals surface area contributed by atoms with Gasteiger partial charge < -0.3 is 9.64 Å². The Hall–Kier alpha value is -2.02. The van der Waals surface area contributed by atoms with Gasteiger partial charge in [0.1, 0.15) is 6.10 Å². The molecule has 0 aromatic carbocycles. The van der Waals surface area contributed by atoms with E-state index in [9.17, 15) is 9.18 Å². The van der Waals surface area contributed by atoms with Crippen molar-refractivity contribution in [2.24, 2.45) is 0 Å². The molecule has 5 nitrogen and oxygen atoms in total. The average molecular weight is 293 g/mol. The minimum atomic E-state index is -0.502. The van der Waals surface area contributed by atoms with E-state index in [2.05, 4.69) is 9.97 Å². The van der Waals surface area contributed by atoms with Crippen molar-refractivity contribution >= 4 is 17.2 Å². The molecule has 2 aromatic rings. The Kier molecular flexibility index (Phi) is 3.60. The van der Waals surface area contributed by atoms with Gasteiger partial charge in [0.2, 0.25) is 0 Å². The van der Waals surface area contributed by atoms with Crippen LogP contribution in [0.4, 0.5) is 4.39 Å². The molecule has 0 saturated carbocycles. The van der Waals surface area contributed by atoms with Crippen LogP contribution in [0.2, 0.25) is 0 Å². The molecule has 0 bridgehead atoms. The molecule has 0 N–H and O–H groups in total. The van der Waals surface area contributed by atoms with Crippen molar-refractivity contribution < 1.29 is 13.9 Å². The summed E-state index contributed by atoms with van der Waals surface area (Å²) in [5.41, 5.74) is 0.702. The molecular formula is C13H12FN3O2S. The zero-order chi connectivity index (χ0) is 13.9. The number of hydrogen-bond acceptors (Lipinski definition) is 5. The average Bonchev–Trinajstić information content (AvgIpc) is 3.12. The van der Waals surface area contributed by atoms with Crippen LogP contribution in [0.15, 0.2) is 29.2 Å². The highest BCUT2D eigenvalue weighted by Crippen LogP contribution is 2.18. The number of nitrogens with zero attached hydrogens (tertiary/aromatic N) is 3. The second-order valence-electron chi connectivity index (χ2n) is 4.48. The SMILES string of the molecule is O=C(c1ccsc1)N1CCC(Oc2ncc(F)cn2)C1. The first kappa shape index (κ1) is 13.0. The molecule has 20 heavy (non-hydrogen) atoms. The maximum atomic E-state index is 12.7. The van der Waals surface area contributed by atoms with E-state index in [0.29, 0.717) is 18.7 Å². The Morgan fingerprint density at radius 2 is 2.25 bits per heavy atom. The van der Waals surface area contributed by atoms with E-state index < -0.39 is 5.82 Å². The summed E-state index contributed by atoms with van der Waals surface area (Å²) in [6.45, 7) is 1.13. The summed E-state index contributed by atoms with van der Waals surface area (Å²) in [5, 5.41) is 3.71. The van der Waals surface area contributed by atoms with Crippen molar-refractivity contribution in [2.75, 3.05) is 13.1 Å². The number of aromatic nitrogens is 2. The lowest BCUT2D eigenvalue weighted by Crippen LogP contribution is -2.30. The van der Waals surface area contributed by atoms with Crippen molar-refractivity contribution in [3.63, 3.8) is 0 Å². The summed E-state index contributed by atoms with van der Waals surface area (Å²) in [4.78, 5) is 21.4. The topological polar surface area (TPSA) is 55.3 Å². The molecule has 3 rings (SSSR count). The Morgan fingerprint density at radius 3 is 2.95 bits per heavy atom. The minimum Gasteiger partial charge on any atom is -0.458 e. The number of carbonyl (C=O) groups excluding carboxylic acids is 1. The number of carbonyl (C=O) groups is 1. The number of halogens is 1. The number of likely N-dealkylation sites (tertiary alicyclic amines) is 1. The molecule has 2 aromatic heterocycles. The lowest BCUT2D eigenvalue weighted by molar-refractivity contribution is 0.0770. The zero-order valence-electron chi connectivity index (χ0n) is 10.5. The van der Waals surface area contributed by atoms with Crippen LogP contribution < -0.4 is 4.74 Å². The lowest BCUT2D eigenvalue weighted by Gasteiger charge is -2.15. The monoisotopic (exact) mass is 293 g/mol. The van der Waals surface area contributed by atoms with Crippen LogP contribution in [0.5, 0.6) is 6.01 Å². The quantitative estimate of drug-likeness (QED) is 0.868. The first-order valence-electron chi connectivity index (χ1n) is 6.18. The van der Waals surface area contributed by atoms with Crippen molar-refractivity contribution in [3.05, 3.63) is 40.6 Å². The molecule has 1 atom stereocenters. The standard InChI is InChI=1S/C13H12FN3O2S/c14-10-5-15-13(16-6-10)19-11-1-3-17(7-11)12(18)9-2-4-20-8-9/h2,4-6,8,11H,1,3,7H2. The van der Waals surface area contributed by atoms with Gasteiger partial charge in [0.05, 0.1) is 24.5 Å². The fourth-order valence-electron chi connectivity index (χ4n) is 2.09. The van der Waals surface area contributed by atoms with Gasteiger partial charge in [-0.25, -0.2) is 14.4 Å². The molecule has 0 aliphatic carbocycles. The first-order valence-corrected chi connectivity index (χ1v) is 7.12. The largest absolute Gasteiger partial charge is 0.458 e. The van der Waals surface area contributed by atoms with Gasteiger partial charge in [0, 0.05) is 18.3 Å². The highest BCUT2D eigenvalue weighted by Gasteiger charge is 2.28. The van der Waals surface area contributed by atoms with Crippen LogP contribution in [0.3, 0.4) is 0 Å². The van der Waals surface area contributed by atoms with Gasteiger partial charge in [0.15, 0.2) is 5.82 Å². The van der Waals surface area contributed by atoms with Crippen molar-refractivity contribution in [1.82, 2.24) is 14.9 Å². The molecule has 7 heteroatoms.